The molecule has 118 valence electrons. The molecular weight excluding hydrogens is 354 g/mol. The summed E-state index contributed by atoms with van der Waals surface area (Å²) in [6, 6.07) is 3.99. The van der Waals surface area contributed by atoms with Gasteiger partial charge in [0.15, 0.2) is 9.84 Å². The molecular formula is C15H22BrNO3S. The van der Waals surface area contributed by atoms with Crippen LogP contribution in [0.2, 0.25) is 0 Å². The fraction of sp³-hybridized carbons (Fsp3) is 0.600. The zero-order valence-corrected chi connectivity index (χ0v) is 15.1. The number of benzene rings is 1. The maximum absolute atomic E-state index is 11.9. The third-order valence-corrected chi connectivity index (χ3v) is 6.11. The van der Waals surface area contributed by atoms with Crippen LogP contribution in [-0.2, 0) is 22.7 Å². The van der Waals surface area contributed by atoms with Crippen molar-refractivity contribution in [2.45, 2.75) is 38.0 Å². The minimum atomic E-state index is -3.08. The van der Waals surface area contributed by atoms with Crippen LogP contribution >= 0.6 is 15.9 Å². The number of hydrogen-bond acceptors (Lipinski definition) is 4. The van der Waals surface area contributed by atoms with Crippen molar-refractivity contribution in [3.8, 4) is 5.75 Å². The molecule has 2 atom stereocenters. The molecule has 6 heteroatoms. The molecule has 4 nitrogen and oxygen atoms in total. The summed E-state index contributed by atoms with van der Waals surface area (Å²) >= 11 is 3.53. The highest BCUT2D eigenvalue weighted by Crippen LogP contribution is 2.34. The van der Waals surface area contributed by atoms with Crippen LogP contribution < -0.4 is 10.1 Å². The van der Waals surface area contributed by atoms with Gasteiger partial charge in [0.2, 0.25) is 0 Å². The summed E-state index contributed by atoms with van der Waals surface area (Å²) in [6.45, 7) is 5.19. The lowest BCUT2D eigenvalue weighted by atomic mass is 10.00. The van der Waals surface area contributed by atoms with Gasteiger partial charge in [-0.15, -0.1) is 0 Å². The molecule has 0 radical (unpaired) electrons. The second-order valence-corrected chi connectivity index (χ2v) is 8.87. The van der Waals surface area contributed by atoms with E-state index in [4.69, 9.17) is 4.74 Å². The molecule has 2 rings (SSSR count). The van der Waals surface area contributed by atoms with Crippen LogP contribution in [-0.4, -0.2) is 39.1 Å². The molecule has 1 heterocycles. The molecule has 0 bridgehead atoms. The second-order valence-electron chi connectivity index (χ2n) is 5.55. The van der Waals surface area contributed by atoms with E-state index in [1.54, 1.807) is 6.92 Å². The molecule has 1 aliphatic heterocycles. The highest BCUT2D eigenvalue weighted by Gasteiger charge is 2.28. The van der Waals surface area contributed by atoms with E-state index >= 15 is 0 Å². The molecule has 1 aromatic carbocycles. The van der Waals surface area contributed by atoms with E-state index in [9.17, 15) is 8.42 Å². The third-order valence-electron chi connectivity index (χ3n) is 3.97. The van der Waals surface area contributed by atoms with E-state index in [1.807, 2.05) is 13.0 Å². The quantitative estimate of drug-likeness (QED) is 0.828. The summed E-state index contributed by atoms with van der Waals surface area (Å²) in [5.74, 6) is 0.932. The third kappa shape index (κ3) is 3.99. The van der Waals surface area contributed by atoms with E-state index in [0.717, 1.165) is 28.8 Å². The number of nitrogens with one attached hydrogen (secondary N) is 1. The van der Waals surface area contributed by atoms with E-state index in [1.165, 1.54) is 11.8 Å². The highest BCUT2D eigenvalue weighted by atomic mass is 79.9. The summed E-state index contributed by atoms with van der Waals surface area (Å²) in [4.78, 5) is 0. The van der Waals surface area contributed by atoms with Crippen LogP contribution in [0.4, 0.5) is 0 Å². The van der Waals surface area contributed by atoms with Crippen LogP contribution in [0.1, 0.15) is 25.0 Å². The summed E-state index contributed by atoms with van der Waals surface area (Å²) in [6.07, 6.45) is 2.85. The van der Waals surface area contributed by atoms with E-state index < -0.39 is 15.1 Å². The number of hydrogen-bond donors (Lipinski definition) is 1. The Balaban J connectivity index is 2.29. The van der Waals surface area contributed by atoms with Crippen molar-refractivity contribution in [3.05, 3.63) is 27.7 Å². The van der Waals surface area contributed by atoms with Gasteiger partial charge in [-0.05, 0) is 43.1 Å². The monoisotopic (exact) mass is 375 g/mol. The number of rotatable bonds is 6. The molecule has 2 unspecified atom stereocenters. The smallest absolute Gasteiger partial charge is 0.151 e. The van der Waals surface area contributed by atoms with Gasteiger partial charge in [0, 0.05) is 23.2 Å². The predicted octanol–water partition coefficient (Wildman–Crippen LogP) is 2.34. The average molecular weight is 376 g/mol. The lowest BCUT2D eigenvalue weighted by molar-refractivity contribution is 0.351. The zero-order chi connectivity index (χ0) is 15.6. The van der Waals surface area contributed by atoms with Gasteiger partial charge in [0.25, 0.3) is 0 Å². The SMILES string of the molecule is CCNC(Cc1cc(Br)cc2c1OCC2)C(C)S(C)(=O)=O. The molecule has 0 spiro atoms. The van der Waals surface area contributed by atoms with Crippen molar-refractivity contribution in [1.82, 2.24) is 5.32 Å². The molecule has 1 aliphatic rings. The fourth-order valence-electron chi connectivity index (χ4n) is 2.70. The minimum Gasteiger partial charge on any atom is -0.493 e. The van der Waals surface area contributed by atoms with Gasteiger partial charge >= 0.3 is 0 Å². The Labute approximate surface area is 135 Å². The van der Waals surface area contributed by atoms with Gasteiger partial charge in [-0.2, -0.15) is 0 Å². The molecule has 0 aromatic heterocycles. The molecule has 1 aromatic rings. The zero-order valence-electron chi connectivity index (χ0n) is 12.6. The maximum Gasteiger partial charge on any atom is 0.151 e. The Morgan fingerprint density at radius 3 is 2.76 bits per heavy atom. The van der Waals surface area contributed by atoms with Gasteiger partial charge < -0.3 is 10.1 Å². The maximum atomic E-state index is 11.9. The Morgan fingerprint density at radius 2 is 2.14 bits per heavy atom. The molecule has 1 N–H and O–H groups in total. The van der Waals surface area contributed by atoms with Crippen molar-refractivity contribution in [1.29, 1.82) is 0 Å². The van der Waals surface area contributed by atoms with Crippen LogP contribution in [0.15, 0.2) is 16.6 Å². The number of sulfone groups is 1. The first-order valence-electron chi connectivity index (χ1n) is 7.19. The Kier molecular flexibility index (Phi) is 5.33. The Morgan fingerprint density at radius 1 is 1.43 bits per heavy atom. The summed E-state index contributed by atoms with van der Waals surface area (Å²) in [5, 5.41) is 2.86. The van der Waals surface area contributed by atoms with Crippen molar-refractivity contribution < 1.29 is 13.2 Å². The standard InChI is InChI=1S/C15H22BrNO3S/c1-4-17-14(10(2)21(3,18)19)9-12-8-13(16)7-11-5-6-20-15(11)12/h7-8,10,14,17H,4-6,9H2,1-3H3. The Bertz CT molecular complexity index is 616. The first-order valence-corrected chi connectivity index (χ1v) is 9.94. The number of fused-ring (bicyclic) bond motifs is 1. The topological polar surface area (TPSA) is 55.4 Å². The summed E-state index contributed by atoms with van der Waals surface area (Å²) in [5.41, 5.74) is 2.26. The second kappa shape index (κ2) is 6.67. The van der Waals surface area contributed by atoms with Crippen LogP contribution in [0.3, 0.4) is 0 Å². The Hall–Kier alpha value is -0.590. The van der Waals surface area contributed by atoms with Crippen molar-refractivity contribution in [3.63, 3.8) is 0 Å². The van der Waals surface area contributed by atoms with E-state index in [2.05, 4.69) is 27.3 Å². The van der Waals surface area contributed by atoms with Gasteiger partial charge in [-0.3, -0.25) is 0 Å². The number of halogens is 1. The predicted molar refractivity (Wildman–Crippen MR) is 88.8 cm³/mol. The fourth-order valence-corrected chi connectivity index (χ4v) is 4.04. The minimum absolute atomic E-state index is 0.118. The van der Waals surface area contributed by atoms with Crippen molar-refractivity contribution in [2.24, 2.45) is 0 Å². The largest absolute Gasteiger partial charge is 0.493 e. The molecule has 0 aliphatic carbocycles. The molecule has 21 heavy (non-hydrogen) atoms. The summed E-state index contributed by atoms with van der Waals surface area (Å²) < 4.78 is 30.5. The lowest BCUT2D eigenvalue weighted by Gasteiger charge is -2.24. The van der Waals surface area contributed by atoms with Crippen LogP contribution in [0.5, 0.6) is 5.75 Å². The lowest BCUT2D eigenvalue weighted by Crippen LogP contribution is -2.43. The van der Waals surface area contributed by atoms with Crippen LogP contribution in [0.25, 0.3) is 0 Å². The van der Waals surface area contributed by atoms with Crippen LogP contribution in [0, 0.1) is 0 Å². The van der Waals surface area contributed by atoms with E-state index in [-0.39, 0.29) is 6.04 Å². The number of likely N-dealkylation sites (N-methyl/N-ethyl adjacent to an activating group) is 1. The first kappa shape index (κ1) is 16.8. The first-order chi connectivity index (χ1) is 9.82. The van der Waals surface area contributed by atoms with Gasteiger partial charge in [0.1, 0.15) is 5.75 Å². The van der Waals surface area contributed by atoms with Crippen molar-refractivity contribution >= 4 is 25.8 Å². The summed E-state index contributed by atoms with van der Waals surface area (Å²) in [7, 11) is -3.08. The molecule has 0 saturated heterocycles. The highest BCUT2D eigenvalue weighted by molar-refractivity contribution is 9.10. The van der Waals surface area contributed by atoms with Gasteiger partial charge in [-0.25, -0.2) is 8.42 Å². The molecule has 0 fully saturated rings. The number of ether oxygens (including phenoxy) is 1. The normalized spacial score (nSPS) is 17.1. The van der Waals surface area contributed by atoms with E-state index in [0.29, 0.717) is 13.0 Å². The van der Waals surface area contributed by atoms with Gasteiger partial charge in [-0.1, -0.05) is 22.9 Å². The average Bonchev–Trinajstić information content (AvgIpc) is 2.84. The van der Waals surface area contributed by atoms with Gasteiger partial charge in [0.05, 0.1) is 11.9 Å². The molecule has 0 amide bonds. The van der Waals surface area contributed by atoms with Crippen molar-refractivity contribution in [2.75, 3.05) is 19.4 Å². The molecule has 0 saturated carbocycles.